The van der Waals surface area contributed by atoms with Crippen molar-refractivity contribution in [2.45, 2.75) is 43.9 Å². The van der Waals surface area contributed by atoms with Crippen LogP contribution < -0.4 is 5.32 Å². The molecule has 0 atom stereocenters. The molecule has 0 radical (unpaired) electrons. The van der Waals surface area contributed by atoms with Crippen molar-refractivity contribution in [1.82, 2.24) is 5.32 Å². The minimum absolute atomic E-state index is 0.0878. The van der Waals surface area contributed by atoms with Crippen LogP contribution in [0.3, 0.4) is 0 Å². The van der Waals surface area contributed by atoms with Crippen molar-refractivity contribution in [2.24, 2.45) is 0 Å². The zero-order valence-electron chi connectivity index (χ0n) is 10.9. The van der Waals surface area contributed by atoms with Crippen molar-refractivity contribution in [3.63, 3.8) is 0 Å². The maximum atomic E-state index is 12.2. The fourth-order valence-corrected chi connectivity index (χ4v) is 3.00. The van der Waals surface area contributed by atoms with E-state index in [4.69, 9.17) is 0 Å². The van der Waals surface area contributed by atoms with Gasteiger partial charge in [0.15, 0.2) is 0 Å². The number of thioether (sulfide) groups is 1. The molecule has 1 N–H and O–H groups in total. The van der Waals surface area contributed by atoms with E-state index in [0.29, 0.717) is 6.04 Å². The first-order valence-electron chi connectivity index (χ1n) is 6.68. The normalized spacial score (nSPS) is 16.5. The second-order valence-electron chi connectivity index (χ2n) is 4.94. The molecular weight excluding hydrogens is 242 g/mol. The zero-order chi connectivity index (χ0) is 12.8. The average Bonchev–Trinajstić information content (AvgIpc) is 2.40. The second kappa shape index (κ2) is 6.83. The summed E-state index contributed by atoms with van der Waals surface area (Å²) in [6.45, 7) is 0. The lowest BCUT2D eigenvalue weighted by Gasteiger charge is -2.22. The van der Waals surface area contributed by atoms with Crippen molar-refractivity contribution in [3.8, 4) is 0 Å². The Labute approximate surface area is 114 Å². The van der Waals surface area contributed by atoms with Crippen molar-refractivity contribution in [2.75, 3.05) is 6.26 Å². The number of amides is 1. The summed E-state index contributed by atoms with van der Waals surface area (Å²) in [6, 6.07) is 8.35. The minimum Gasteiger partial charge on any atom is -0.349 e. The number of nitrogens with one attached hydrogen (secondary N) is 1. The average molecular weight is 263 g/mol. The summed E-state index contributed by atoms with van der Waals surface area (Å²) in [7, 11) is 0. The summed E-state index contributed by atoms with van der Waals surface area (Å²) in [4.78, 5) is 12.2. The first-order chi connectivity index (χ1) is 8.79. The van der Waals surface area contributed by atoms with Gasteiger partial charge < -0.3 is 5.32 Å². The van der Waals surface area contributed by atoms with E-state index >= 15 is 0 Å². The van der Waals surface area contributed by atoms with Crippen molar-refractivity contribution in [1.29, 1.82) is 0 Å². The highest BCUT2D eigenvalue weighted by Crippen LogP contribution is 2.18. The number of benzene rings is 1. The van der Waals surface area contributed by atoms with Crippen LogP contribution in [0.25, 0.3) is 0 Å². The van der Waals surface area contributed by atoms with Crippen LogP contribution >= 0.6 is 11.8 Å². The van der Waals surface area contributed by atoms with Gasteiger partial charge in [0.25, 0.3) is 5.91 Å². The molecule has 1 aliphatic carbocycles. The van der Waals surface area contributed by atoms with Gasteiger partial charge in [-0.15, -0.1) is 0 Å². The van der Waals surface area contributed by atoms with E-state index in [2.05, 4.69) is 17.6 Å². The molecule has 2 nitrogen and oxygen atoms in total. The lowest BCUT2D eigenvalue weighted by molar-refractivity contribution is 0.0927. The minimum atomic E-state index is 0.0878. The molecule has 1 saturated carbocycles. The van der Waals surface area contributed by atoms with Crippen LogP contribution in [0.5, 0.6) is 0 Å². The van der Waals surface area contributed by atoms with E-state index in [-0.39, 0.29) is 5.91 Å². The van der Waals surface area contributed by atoms with Crippen LogP contribution in [0.2, 0.25) is 0 Å². The third kappa shape index (κ3) is 3.77. The van der Waals surface area contributed by atoms with Gasteiger partial charge in [-0.3, -0.25) is 4.79 Å². The van der Waals surface area contributed by atoms with Gasteiger partial charge in [-0.2, -0.15) is 11.8 Å². The monoisotopic (exact) mass is 263 g/mol. The lowest BCUT2D eigenvalue weighted by atomic mass is 9.95. The Morgan fingerprint density at radius 1 is 1.33 bits per heavy atom. The van der Waals surface area contributed by atoms with Crippen molar-refractivity contribution >= 4 is 17.7 Å². The quantitative estimate of drug-likeness (QED) is 0.899. The van der Waals surface area contributed by atoms with Crippen LogP contribution in [-0.4, -0.2) is 18.2 Å². The highest BCUT2D eigenvalue weighted by atomic mass is 32.2. The van der Waals surface area contributed by atoms with Crippen LogP contribution in [0.1, 0.15) is 48.0 Å². The molecule has 0 bridgehead atoms. The van der Waals surface area contributed by atoms with Gasteiger partial charge in [0.1, 0.15) is 0 Å². The third-order valence-corrected chi connectivity index (χ3v) is 4.06. The molecule has 0 aliphatic heterocycles. The van der Waals surface area contributed by atoms with Gasteiger partial charge in [0, 0.05) is 17.4 Å². The first kappa shape index (κ1) is 13.5. The van der Waals surface area contributed by atoms with E-state index in [9.17, 15) is 4.79 Å². The van der Waals surface area contributed by atoms with Crippen LogP contribution in [-0.2, 0) is 5.75 Å². The second-order valence-corrected chi connectivity index (χ2v) is 5.81. The van der Waals surface area contributed by atoms with Gasteiger partial charge in [-0.1, -0.05) is 31.4 Å². The van der Waals surface area contributed by atoms with Crippen molar-refractivity contribution in [3.05, 3.63) is 35.4 Å². The molecular formula is C15H21NOS. The Kier molecular flexibility index (Phi) is 5.12. The molecule has 0 unspecified atom stereocenters. The molecule has 1 aliphatic rings. The SMILES string of the molecule is CSCc1cccc(C(=O)NC2CCCCC2)c1. The highest BCUT2D eigenvalue weighted by Gasteiger charge is 2.16. The summed E-state index contributed by atoms with van der Waals surface area (Å²) in [5.74, 6) is 1.05. The Balaban J connectivity index is 1.96. The molecule has 0 heterocycles. The Bertz CT molecular complexity index is 399. The van der Waals surface area contributed by atoms with Gasteiger partial charge in [0.2, 0.25) is 0 Å². The number of carbonyl (C=O) groups is 1. The maximum Gasteiger partial charge on any atom is 0.251 e. The van der Waals surface area contributed by atoms with Crippen molar-refractivity contribution < 1.29 is 4.79 Å². The molecule has 1 aromatic rings. The molecule has 98 valence electrons. The standard InChI is InChI=1S/C15H21NOS/c1-18-11-12-6-5-7-13(10-12)15(17)16-14-8-3-2-4-9-14/h5-7,10,14H,2-4,8-9,11H2,1H3,(H,16,17). The summed E-state index contributed by atoms with van der Waals surface area (Å²) in [5.41, 5.74) is 2.02. The number of hydrogen-bond acceptors (Lipinski definition) is 2. The summed E-state index contributed by atoms with van der Waals surface area (Å²) < 4.78 is 0. The number of rotatable bonds is 4. The topological polar surface area (TPSA) is 29.1 Å². The number of carbonyl (C=O) groups excluding carboxylic acids is 1. The van der Waals surface area contributed by atoms with E-state index in [1.54, 1.807) is 11.8 Å². The smallest absolute Gasteiger partial charge is 0.251 e. The Morgan fingerprint density at radius 2 is 2.11 bits per heavy atom. The Hall–Kier alpha value is -0.960. The summed E-state index contributed by atoms with van der Waals surface area (Å²) in [5, 5.41) is 3.16. The molecule has 0 aromatic heterocycles. The predicted octanol–water partition coefficient (Wildman–Crippen LogP) is 3.61. The van der Waals surface area contributed by atoms with Gasteiger partial charge in [0.05, 0.1) is 0 Å². The van der Waals surface area contributed by atoms with Gasteiger partial charge in [-0.25, -0.2) is 0 Å². The molecule has 1 amide bonds. The summed E-state index contributed by atoms with van der Waals surface area (Å²) >= 11 is 1.78. The highest BCUT2D eigenvalue weighted by molar-refractivity contribution is 7.97. The first-order valence-corrected chi connectivity index (χ1v) is 8.07. The van der Waals surface area contributed by atoms with Crippen LogP contribution in [0, 0.1) is 0 Å². The van der Waals surface area contributed by atoms with Gasteiger partial charge in [-0.05, 0) is 36.8 Å². The van der Waals surface area contributed by atoms with Crippen LogP contribution in [0.4, 0.5) is 0 Å². The largest absolute Gasteiger partial charge is 0.349 e. The summed E-state index contributed by atoms with van der Waals surface area (Å²) in [6.07, 6.45) is 8.16. The van der Waals surface area contributed by atoms with E-state index in [0.717, 1.165) is 24.2 Å². The van der Waals surface area contributed by atoms with E-state index in [1.807, 2.05) is 18.2 Å². The van der Waals surface area contributed by atoms with E-state index in [1.165, 1.54) is 24.8 Å². The zero-order valence-corrected chi connectivity index (χ0v) is 11.8. The number of hydrogen-bond donors (Lipinski definition) is 1. The predicted molar refractivity (Wildman–Crippen MR) is 78.0 cm³/mol. The molecule has 2 rings (SSSR count). The molecule has 0 saturated heterocycles. The third-order valence-electron chi connectivity index (χ3n) is 3.44. The lowest BCUT2D eigenvalue weighted by Crippen LogP contribution is -2.36. The molecule has 3 heteroatoms. The molecule has 1 fully saturated rings. The molecule has 18 heavy (non-hydrogen) atoms. The molecule has 0 spiro atoms. The van der Waals surface area contributed by atoms with Gasteiger partial charge >= 0.3 is 0 Å². The maximum absolute atomic E-state index is 12.2. The van der Waals surface area contributed by atoms with E-state index < -0.39 is 0 Å². The Morgan fingerprint density at radius 3 is 2.83 bits per heavy atom. The fraction of sp³-hybridized carbons (Fsp3) is 0.533. The molecule has 1 aromatic carbocycles. The fourth-order valence-electron chi connectivity index (χ4n) is 2.48. The van der Waals surface area contributed by atoms with Crippen LogP contribution in [0.15, 0.2) is 24.3 Å².